The number of hydrogen-bond acceptors (Lipinski definition) is 4. The summed E-state index contributed by atoms with van der Waals surface area (Å²) in [5.41, 5.74) is 6.30. The van der Waals surface area contributed by atoms with Crippen LogP contribution in [-0.2, 0) is 0 Å². The lowest BCUT2D eigenvalue weighted by molar-refractivity contribution is 0.102. The molecule has 0 aliphatic rings. The Balaban J connectivity index is 1.49. The summed E-state index contributed by atoms with van der Waals surface area (Å²) in [7, 11) is 1.59. The zero-order valence-electron chi connectivity index (χ0n) is 17.1. The molecule has 0 unspecified atom stereocenters. The van der Waals surface area contributed by atoms with Gasteiger partial charge in [-0.15, -0.1) is 0 Å². The van der Waals surface area contributed by atoms with Gasteiger partial charge < -0.3 is 14.5 Å². The molecule has 0 saturated heterocycles. The van der Waals surface area contributed by atoms with Crippen molar-refractivity contribution in [1.29, 1.82) is 0 Å². The van der Waals surface area contributed by atoms with Crippen LogP contribution < -0.4 is 10.1 Å². The zero-order chi connectivity index (χ0) is 21.1. The van der Waals surface area contributed by atoms with Gasteiger partial charge in [-0.3, -0.25) is 4.79 Å². The fourth-order valence-corrected chi connectivity index (χ4v) is 3.18. The molecule has 5 heteroatoms. The molecule has 5 nitrogen and oxygen atoms in total. The minimum atomic E-state index is -0.182. The molecule has 1 amide bonds. The van der Waals surface area contributed by atoms with Gasteiger partial charge in [0, 0.05) is 22.4 Å². The second kappa shape index (κ2) is 8.25. The van der Waals surface area contributed by atoms with Crippen molar-refractivity contribution in [3.8, 4) is 28.5 Å². The van der Waals surface area contributed by atoms with E-state index < -0.39 is 0 Å². The summed E-state index contributed by atoms with van der Waals surface area (Å²) in [6.45, 7) is 4.12. The molecule has 4 aromatic rings. The van der Waals surface area contributed by atoms with Crippen LogP contribution >= 0.6 is 0 Å². The summed E-state index contributed by atoms with van der Waals surface area (Å²) >= 11 is 0. The van der Waals surface area contributed by atoms with Crippen LogP contribution in [0.25, 0.3) is 22.7 Å². The molecule has 1 aromatic heterocycles. The second-order valence-electron chi connectivity index (χ2n) is 7.12. The highest BCUT2D eigenvalue weighted by Gasteiger charge is 2.11. The van der Waals surface area contributed by atoms with Gasteiger partial charge >= 0.3 is 0 Å². The van der Waals surface area contributed by atoms with E-state index in [1.54, 1.807) is 37.6 Å². The SMILES string of the molecule is COc1ccc(C(=O)Nc2ccc(-c3nc(-c4cc(C)ccc4C)co3)cc2)cc1. The van der Waals surface area contributed by atoms with Crippen LogP contribution in [0.3, 0.4) is 0 Å². The van der Waals surface area contributed by atoms with Crippen LogP contribution in [0.5, 0.6) is 5.75 Å². The van der Waals surface area contributed by atoms with Crippen molar-refractivity contribution in [1.82, 2.24) is 4.98 Å². The molecule has 30 heavy (non-hydrogen) atoms. The largest absolute Gasteiger partial charge is 0.497 e. The van der Waals surface area contributed by atoms with Crippen molar-refractivity contribution in [2.24, 2.45) is 0 Å². The van der Waals surface area contributed by atoms with Gasteiger partial charge in [-0.2, -0.15) is 0 Å². The maximum atomic E-state index is 12.4. The van der Waals surface area contributed by atoms with Crippen molar-refractivity contribution in [2.75, 3.05) is 12.4 Å². The number of hydrogen-bond donors (Lipinski definition) is 1. The van der Waals surface area contributed by atoms with E-state index in [9.17, 15) is 4.79 Å². The van der Waals surface area contributed by atoms with Crippen molar-refractivity contribution in [2.45, 2.75) is 13.8 Å². The Morgan fingerprint density at radius 3 is 2.40 bits per heavy atom. The molecule has 1 heterocycles. The third-order valence-electron chi connectivity index (χ3n) is 4.92. The average molecular weight is 398 g/mol. The number of nitrogens with zero attached hydrogens (tertiary/aromatic N) is 1. The number of nitrogens with one attached hydrogen (secondary N) is 1. The Morgan fingerprint density at radius 1 is 0.967 bits per heavy atom. The molecule has 0 radical (unpaired) electrons. The van der Waals surface area contributed by atoms with E-state index in [2.05, 4.69) is 42.3 Å². The number of benzene rings is 3. The number of oxazole rings is 1. The molecule has 0 aliphatic carbocycles. The van der Waals surface area contributed by atoms with Crippen molar-refractivity contribution < 1.29 is 13.9 Å². The van der Waals surface area contributed by atoms with E-state index in [4.69, 9.17) is 9.15 Å². The number of ether oxygens (including phenoxy) is 1. The zero-order valence-corrected chi connectivity index (χ0v) is 17.1. The molecular formula is C25H22N2O3. The number of rotatable bonds is 5. The predicted octanol–water partition coefficient (Wildman–Crippen LogP) is 5.89. The van der Waals surface area contributed by atoms with Crippen LogP contribution in [0, 0.1) is 13.8 Å². The molecule has 0 fully saturated rings. The van der Waals surface area contributed by atoms with Gasteiger partial charge in [0.1, 0.15) is 17.7 Å². The number of aromatic nitrogens is 1. The predicted molar refractivity (Wildman–Crippen MR) is 118 cm³/mol. The minimum absolute atomic E-state index is 0.182. The quantitative estimate of drug-likeness (QED) is 0.455. The molecule has 0 saturated carbocycles. The summed E-state index contributed by atoms with van der Waals surface area (Å²) in [6.07, 6.45) is 1.68. The Bertz CT molecular complexity index is 1180. The van der Waals surface area contributed by atoms with Crippen molar-refractivity contribution >= 4 is 11.6 Å². The molecule has 0 atom stereocenters. The molecule has 150 valence electrons. The molecule has 0 bridgehead atoms. The Labute approximate surface area is 175 Å². The first kappa shape index (κ1) is 19.5. The standard InChI is InChI=1S/C25H22N2O3/c1-16-4-5-17(2)22(14-16)23-15-30-25(27-23)19-6-10-20(11-7-19)26-24(28)18-8-12-21(29-3)13-9-18/h4-15H,1-3H3,(H,26,28). The minimum Gasteiger partial charge on any atom is -0.497 e. The maximum Gasteiger partial charge on any atom is 0.255 e. The van der Waals surface area contributed by atoms with E-state index in [-0.39, 0.29) is 5.91 Å². The summed E-state index contributed by atoms with van der Waals surface area (Å²) in [4.78, 5) is 17.0. The van der Waals surface area contributed by atoms with Crippen LogP contribution in [-0.4, -0.2) is 18.0 Å². The van der Waals surface area contributed by atoms with Gasteiger partial charge in [0.05, 0.1) is 7.11 Å². The summed E-state index contributed by atoms with van der Waals surface area (Å²) in [5.74, 6) is 1.07. The average Bonchev–Trinajstić information content (AvgIpc) is 3.26. The first-order valence-electron chi connectivity index (χ1n) is 9.62. The molecule has 0 spiro atoms. The lowest BCUT2D eigenvalue weighted by Gasteiger charge is -2.06. The molecular weight excluding hydrogens is 376 g/mol. The molecule has 0 aliphatic heterocycles. The van der Waals surface area contributed by atoms with Gasteiger partial charge in [-0.05, 0) is 74.0 Å². The third kappa shape index (κ3) is 4.10. The Morgan fingerprint density at radius 2 is 1.70 bits per heavy atom. The number of anilines is 1. The number of methoxy groups -OCH3 is 1. The van der Waals surface area contributed by atoms with Crippen molar-refractivity contribution in [3.05, 3.63) is 89.7 Å². The molecule has 1 N–H and O–H groups in total. The van der Waals surface area contributed by atoms with Gasteiger partial charge in [-0.1, -0.05) is 17.7 Å². The van der Waals surface area contributed by atoms with Gasteiger partial charge in [0.2, 0.25) is 5.89 Å². The van der Waals surface area contributed by atoms with Gasteiger partial charge in [-0.25, -0.2) is 4.98 Å². The van der Waals surface area contributed by atoms with E-state index in [0.717, 1.165) is 22.4 Å². The van der Waals surface area contributed by atoms with E-state index >= 15 is 0 Å². The summed E-state index contributed by atoms with van der Waals surface area (Å²) < 4.78 is 10.8. The Kier molecular flexibility index (Phi) is 5.35. The van der Waals surface area contributed by atoms with E-state index in [1.165, 1.54) is 5.56 Å². The van der Waals surface area contributed by atoms with Crippen LogP contribution in [0.4, 0.5) is 5.69 Å². The highest BCUT2D eigenvalue weighted by molar-refractivity contribution is 6.04. The Hall–Kier alpha value is -3.86. The number of amides is 1. The molecule has 4 rings (SSSR count). The smallest absolute Gasteiger partial charge is 0.255 e. The van der Waals surface area contributed by atoms with Crippen LogP contribution in [0.1, 0.15) is 21.5 Å². The number of carbonyl (C=O) groups excluding carboxylic acids is 1. The van der Waals surface area contributed by atoms with E-state index in [0.29, 0.717) is 22.9 Å². The first-order chi connectivity index (χ1) is 14.5. The monoisotopic (exact) mass is 398 g/mol. The number of aryl methyl sites for hydroxylation is 2. The summed E-state index contributed by atoms with van der Waals surface area (Å²) in [5, 5.41) is 2.89. The normalized spacial score (nSPS) is 10.6. The van der Waals surface area contributed by atoms with E-state index in [1.807, 2.05) is 24.3 Å². The summed E-state index contributed by atoms with van der Waals surface area (Å²) in [6, 6.07) is 20.7. The highest BCUT2D eigenvalue weighted by atomic mass is 16.5. The highest BCUT2D eigenvalue weighted by Crippen LogP contribution is 2.28. The maximum absolute atomic E-state index is 12.4. The lowest BCUT2D eigenvalue weighted by Crippen LogP contribution is -2.11. The van der Waals surface area contributed by atoms with Gasteiger partial charge in [0.25, 0.3) is 5.91 Å². The topological polar surface area (TPSA) is 64.4 Å². The van der Waals surface area contributed by atoms with Gasteiger partial charge in [0.15, 0.2) is 0 Å². The molecule has 3 aromatic carbocycles. The fourth-order valence-electron chi connectivity index (χ4n) is 3.18. The van der Waals surface area contributed by atoms with Crippen LogP contribution in [0.15, 0.2) is 77.4 Å². The second-order valence-corrected chi connectivity index (χ2v) is 7.12. The lowest BCUT2D eigenvalue weighted by atomic mass is 10.0. The third-order valence-corrected chi connectivity index (χ3v) is 4.92. The van der Waals surface area contributed by atoms with Crippen LogP contribution in [0.2, 0.25) is 0 Å². The first-order valence-corrected chi connectivity index (χ1v) is 9.62. The fraction of sp³-hybridized carbons (Fsp3) is 0.120. The van der Waals surface area contributed by atoms with Crippen molar-refractivity contribution in [3.63, 3.8) is 0 Å². The number of carbonyl (C=O) groups is 1.